The number of esters is 1. The molecule has 2 heterocycles. The summed E-state index contributed by atoms with van der Waals surface area (Å²) in [5, 5.41) is 0. The largest absolute Gasteiger partial charge is 0.495 e. The average molecular weight is 380 g/mol. The molecule has 1 aliphatic heterocycles. The van der Waals surface area contributed by atoms with Gasteiger partial charge in [-0.1, -0.05) is 19.9 Å². The van der Waals surface area contributed by atoms with Gasteiger partial charge in [0, 0.05) is 18.0 Å². The van der Waals surface area contributed by atoms with Crippen LogP contribution in [0.15, 0.2) is 36.4 Å². The number of pyridine rings is 1. The summed E-state index contributed by atoms with van der Waals surface area (Å²) in [5.74, 6) is 3.61. The van der Waals surface area contributed by atoms with Crippen molar-refractivity contribution in [2.75, 3.05) is 7.11 Å². The van der Waals surface area contributed by atoms with Crippen LogP contribution in [0.3, 0.4) is 0 Å². The second kappa shape index (κ2) is 6.20. The Morgan fingerprint density at radius 1 is 1.11 bits per heavy atom. The first-order valence-electron chi connectivity index (χ1n) is 10.6. The highest BCUT2D eigenvalue weighted by atomic mass is 16.5. The maximum absolute atomic E-state index is 11.8. The molecule has 0 radical (unpaired) electrons. The summed E-state index contributed by atoms with van der Waals surface area (Å²) in [5.41, 5.74) is 2.85. The van der Waals surface area contributed by atoms with E-state index in [1.165, 1.54) is 24.0 Å². The van der Waals surface area contributed by atoms with Gasteiger partial charge in [-0.15, -0.1) is 0 Å². The Hall–Kier alpha value is -2.10. The number of nitrogens with zero attached hydrogens (tertiary/aromatic N) is 1. The number of carbonyl (C=O) groups excluding carboxylic acids is 1. The van der Waals surface area contributed by atoms with Gasteiger partial charge in [0.1, 0.15) is 11.5 Å². The van der Waals surface area contributed by atoms with Crippen LogP contribution in [0, 0.1) is 28.6 Å². The lowest BCUT2D eigenvalue weighted by molar-refractivity contribution is -0.151. The van der Waals surface area contributed by atoms with Crippen molar-refractivity contribution in [3.63, 3.8) is 0 Å². The third-order valence-electron chi connectivity index (χ3n) is 8.31. The Balaban J connectivity index is 1.47. The van der Waals surface area contributed by atoms with Crippen LogP contribution in [-0.4, -0.2) is 18.1 Å². The molecule has 0 unspecified atom stereocenters. The van der Waals surface area contributed by atoms with Gasteiger partial charge in [-0.3, -0.25) is 9.78 Å². The lowest BCUT2D eigenvalue weighted by Gasteiger charge is -2.56. The number of hydrogen-bond acceptors (Lipinski definition) is 4. The van der Waals surface area contributed by atoms with Crippen molar-refractivity contribution in [2.45, 2.75) is 52.4 Å². The lowest BCUT2D eigenvalue weighted by atomic mass is 9.49. The van der Waals surface area contributed by atoms with Crippen molar-refractivity contribution in [1.82, 2.24) is 4.98 Å². The third kappa shape index (κ3) is 2.42. The van der Waals surface area contributed by atoms with E-state index in [4.69, 9.17) is 9.47 Å². The van der Waals surface area contributed by atoms with Crippen LogP contribution in [0.25, 0.3) is 5.57 Å². The van der Waals surface area contributed by atoms with Crippen LogP contribution in [0.1, 0.15) is 57.9 Å². The van der Waals surface area contributed by atoms with Crippen molar-refractivity contribution in [1.29, 1.82) is 0 Å². The van der Waals surface area contributed by atoms with E-state index >= 15 is 0 Å². The molecule has 5 rings (SSSR count). The summed E-state index contributed by atoms with van der Waals surface area (Å²) in [7, 11) is 1.70. The van der Waals surface area contributed by atoms with E-state index in [0.717, 1.165) is 30.8 Å². The molecule has 5 atom stereocenters. The van der Waals surface area contributed by atoms with Gasteiger partial charge in [-0.25, -0.2) is 0 Å². The molecule has 1 saturated carbocycles. The maximum atomic E-state index is 11.8. The summed E-state index contributed by atoms with van der Waals surface area (Å²) in [6.07, 6.45) is 14.4. The Bertz CT molecular complexity index is 888. The molecule has 2 fully saturated rings. The Kier molecular flexibility index (Phi) is 3.98. The molecule has 0 amide bonds. The normalized spacial score (nSPS) is 39.1. The van der Waals surface area contributed by atoms with Crippen molar-refractivity contribution < 1.29 is 14.3 Å². The molecule has 1 aromatic heterocycles. The lowest BCUT2D eigenvalue weighted by Crippen LogP contribution is -2.49. The topological polar surface area (TPSA) is 48.4 Å². The summed E-state index contributed by atoms with van der Waals surface area (Å²) in [6.45, 7) is 4.79. The fourth-order valence-corrected chi connectivity index (χ4v) is 6.76. The first-order valence-corrected chi connectivity index (χ1v) is 10.6. The first kappa shape index (κ1) is 18.0. The predicted octanol–water partition coefficient (Wildman–Crippen LogP) is 5.16. The summed E-state index contributed by atoms with van der Waals surface area (Å²) >= 11 is 0. The molecule has 1 aromatic rings. The number of allylic oxidation sites excluding steroid dienone is 4. The molecule has 4 aliphatic rings. The van der Waals surface area contributed by atoms with Gasteiger partial charge in [0.05, 0.1) is 13.3 Å². The van der Waals surface area contributed by atoms with E-state index in [0.29, 0.717) is 24.2 Å². The fraction of sp³-hybridized carbons (Fsp3) is 0.583. The van der Waals surface area contributed by atoms with Gasteiger partial charge in [-0.05, 0) is 78.6 Å². The predicted molar refractivity (Wildman–Crippen MR) is 107 cm³/mol. The maximum Gasteiger partial charge on any atom is 0.310 e. The smallest absolute Gasteiger partial charge is 0.310 e. The van der Waals surface area contributed by atoms with Gasteiger partial charge < -0.3 is 9.47 Å². The first-order chi connectivity index (χ1) is 13.5. The molecule has 1 saturated heterocycles. The summed E-state index contributed by atoms with van der Waals surface area (Å²) in [4.78, 5) is 16.2. The molecule has 148 valence electrons. The molecule has 28 heavy (non-hydrogen) atoms. The highest BCUT2D eigenvalue weighted by molar-refractivity contribution is 5.74. The monoisotopic (exact) mass is 379 g/mol. The van der Waals surface area contributed by atoms with Gasteiger partial charge in [-0.2, -0.15) is 0 Å². The zero-order valence-corrected chi connectivity index (χ0v) is 17.0. The third-order valence-corrected chi connectivity index (χ3v) is 8.31. The van der Waals surface area contributed by atoms with E-state index in [1.807, 2.05) is 6.20 Å². The Labute approximate surface area is 167 Å². The van der Waals surface area contributed by atoms with Crippen LogP contribution < -0.4 is 4.74 Å². The molecule has 4 heteroatoms. The fourth-order valence-electron chi connectivity index (χ4n) is 6.76. The van der Waals surface area contributed by atoms with E-state index in [9.17, 15) is 4.79 Å². The molecule has 3 aliphatic carbocycles. The van der Waals surface area contributed by atoms with Gasteiger partial charge in [0.15, 0.2) is 0 Å². The summed E-state index contributed by atoms with van der Waals surface area (Å²) in [6, 6.07) is 2.12. The van der Waals surface area contributed by atoms with Crippen molar-refractivity contribution in [3.05, 3.63) is 41.9 Å². The highest BCUT2D eigenvalue weighted by Gasteiger charge is 2.57. The zero-order valence-electron chi connectivity index (χ0n) is 17.0. The Morgan fingerprint density at radius 3 is 2.79 bits per heavy atom. The van der Waals surface area contributed by atoms with Crippen LogP contribution >= 0.6 is 0 Å². The van der Waals surface area contributed by atoms with Crippen molar-refractivity contribution >= 4 is 11.5 Å². The SMILES string of the molecule is COc1cncc(C2=CC[C@H]3[C@@H]4CC=C5OC(=O)CC[C@]5(C)[C@H]4CC[C@]23C)c1. The van der Waals surface area contributed by atoms with Crippen LogP contribution in [0.4, 0.5) is 0 Å². The number of aromatic nitrogens is 1. The number of carbonyl (C=O) groups is 1. The number of ether oxygens (including phenoxy) is 2. The van der Waals surface area contributed by atoms with Gasteiger partial charge in [0.2, 0.25) is 0 Å². The van der Waals surface area contributed by atoms with E-state index in [1.54, 1.807) is 13.3 Å². The van der Waals surface area contributed by atoms with E-state index < -0.39 is 0 Å². The van der Waals surface area contributed by atoms with Gasteiger partial charge in [0.25, 0.3) is 0 Å². The second-order valence-corrected chi connectivity index (χ2v) is 9.50. The number of methoxy groups -OCH3 is 1. The molecular weight excluding hydrogens is 350 g/mol. The van der Waals surface area contributed by atoms with Crippen molar-refractivity contribution in [2.24, 2.45) is 28.6 Å². The summed E-state index contributed by atoms with van der Waals surface area (Å²) < 4.78 is 11.1. The van der Waals surface area contributed by atoms with Crippen molar-refractivity contribution in [3.8, 4) is 5.75 Å². The van der Waals surface area contributed by atoms with E-state index in [-0.39, 0.29) is 16.8 Å². The van der Waals surface area contributed by atoms with Gasteiger partial charge >= 0.3 is 5.97 Å². The minimum Gasteiger partial charge on any atom is -0.495 e. The van der Waals surface area contributed by atoms with Crippen LogP contribution in [-0.2, 0) is 9.53 Å². The molecular formula is C24H29NO3. The number of rotatable bonds is 2. The average Bonchev–Trinajstić information content (AvgIpc) is 3.06. The number of hydrogen-bond donors (Lipinski definition) is 0. The molecule has 0 aromatic carbocycles. The number of fused-ring (bicyclic) bond motifs is 5. The minimum atomic E-state index is -0.0573. The molecule has 0 spiro atoms. The standard InChI is InChI=1S/C24H29NO3/c1-23-10-8-20-17(4-7-21-24(20,2)11-9-22(26)28-21)19(23)6-5-18(23)15-12-16(27-3)14-25-13-15/h5,7,12-14,17,19-20H,4,6,8-11H2,1-3H3/t17-,19-,20-,23+,24+/m0/s1. The molecule has 0 bridgehead atoms. The highest BCUT2D eigenvalue weighted by Crippen LogP contribution is 2.65. The Morgan fingerprint density at radius 2 is 1.96 bits per heavy atom. The second-order valence-electron chi connectivity index (χ2n) is 9.50. The zero-order chi connectivity index (χ0) is 19.5. The molecule has 4 nitrogen and oxygen atoms in total. The van der Waals surface area contributed by atoms with Crippen LogP contribution in [0.5, 0.6) is 5.75 Å². The minimum absolute atomic E-state index is 0.0262. The van der Waals surface area contributed by atoms with E-state index in [2.05, 4.69) is 37.0 Å². The van der Waals surface area contributed by atoms with Crippen LogP contribution in [0.2, 0.25) is 0 Å². The quantitative estimate of drug-likeness (QED) is 0.666. The molecule has 0 N–H and O–H groups in total.